The SMILES string of the molecule is c1ccc(C2(c3ccccc3)c3ccccc3-c3ccc(N(c4ccc(-c5ccc(-c6ccc7cc(-c8ccc9ccccc9c8)ccc7c6)cc5)cc4)c4ccc5sc6ccccc6c5c4)cc32)cc1. The molecule has 0 atom stereocenters. The summed E-state index contributed by atoms with van der Waals surface area (Å²) in [7, 11) is 0. The summed E-state index contributed by atoms with van der Waals surface area (Å²) in [4.78, 5) is 2.45. The summed E-state index contributed by atoms with van der Waals surface area (Å²) >= 11 is 1.86. The minimum atomic E-state index is -0.505. The molecule has 0 amide bonds. The molecule has 0 saturated carbocycles. The van der Waals surface area contributed by atoms with Crippen LogP contribution in [0.25, 0.3) is 86.2 Å². The standard InChI is InChI=1S/C69H45NS/c1-3-15-56(16-4-1)69(57-17-5-2-6-18-57)65-21-11-9-19-61(65)62-39-37-60(45-66(62)69)70(59-38-40-68-64(44-59)63-20-10-12-22-67(63)71-68)58-35-33-48(34-36-58)47-23-25-49(26-24-47)51-29-30-54-43-55(32-31-53(54)42-51)52-28-27-46-13-7-8-14-50(46)41-52/h1-45H. The second kappa shape index (κ2) is 16.7. The third-order valence-corrected chi connectivity index (χ3v) is 16.1. The van der Waals surface area contributed by atoms with E-state index in [1.165, 1.54) is 108 Å². The topological polar surface area (TPSA) is 3.24 Å². The van der Waals surface area contributed by atoms with Crippen LogP contribution < -0.4 is 4.90 Å². The molecule has 0 radical (unpaired) electrons. The van der Waals surface area contributed by atoms with Crippen molar-refractivity contribution in [2.45, 2.75) is 5.41 Å². The van der Waals surface area contributed by atoms with Crippen LogP contribution in [0, 0.1) is 0 Å². The zero-order valence-corrected chi connectivity index (χ0v) is 39.7. The lowest BCUT2D eigenvalue weighted by atomic mass is 9.67. The molecule has 0 bridgehead atoms. The summed E-state index contributed by atoms with van der Waals surface area (Å²) in [6, 6.07) is 101. The molecule has 71 heavy (non-hydrogen) atoms. The van der Waals surface area contributed by atoms with Gasteiger partial charge in [-0.05, 0) is 155 Å². The fourth-order valence-corrected chi connectivity index (χ4v) is 12.6. The van der Waals surface area contributed by atoms with Gasteiger partial charge in [0, 0.05) is 37.2 Å². The predicted octanol–water partition coefficient (Wildman–Crippen LogP) is 19.2. The molecule has 0 aliphatic heterocycles. The van der Waals surface area contributed by atoms with E-state index in [9.17, 15) is 0 Å². The summed E-state index contributed by atoms with van der Waals surface area (Å²) in [6.45, 7) is 0. The molecule has 0 saturated heterocycles. The van der Waals surface area contributed by atoms with E-state index in [1.807, 2.05) is 11.3 Å². The van der Waals surface area contributed by atoms with Crippen molar-refractivity contribution in [2.75, 3.05) is 4.90 Å². The van der Waals surface area contributed by atoms with Gasteiger partial charge in [0.2, 0.25) is 0 Å². The third-order valence-electron chi connectivity index (χ3n) is 14.9. The fourth-order valence-electron chi connectivity index (χ4n) is 11.5. The van der Waals surface area contributed by atoms with Gasteiger partial charge in [-0.2, -0.15) is 0 Å². The van der Waals surface area contributed by atoms with E-state index in [0.717, 1.165) is 17.1 Å². The molecular formula is C69H45NS. The molecule has 1 aliphatic carbocycles. The Morgan fingerprint density at radius 3 is 1.41 bits per heavy atom. The molecule has 0 spiro atoms. The van der Waals surface area contributed by atoms with Crippen molar-refractivity contribution in [3.8, 4) is 44.5 Å². The largest absolute Gasteiger partial charge is 0.310 e. The van der Waals surface area contributed by atoms with E-state index in [1.54, 1.807) is 0 Å². The highest BCUT2D eigenvalue weighted by molar-refractivity contribution is 7.25. The highest BCUT2D eigenvalue weighted by Gasteiger charge is 2.46. The Labute approximate surface area is 417 Å². The molecule has 1 nitrogen and oxygen atoms in total. The molecule has 1 heterocycles. The highest BCUT2D eigenvalue weighted by atomic mass is 32.1. The van der Waals surface area contributed by atoms with Gasteiger partial charge in [0.15, 0.2) is 0 Å². The Kier molecular flexibility index (Phi) is 9.69. The summed E-state index contributed by atoms with van der Waals surface area (Å²) in [5.74, 6) is 0. The van der Waals surface area contributed by atoms with Gasteiger partial charge < -0.3 is 4.90 Å². The number of hydrogen-bond acceptors (Lipinski definition) is 2. The Bertz CT molecular complexity index is 4110. The van der Waals surface area contributed by atoms with Crippen molar-refractivity contribution in [3.05, 3.63) is 295 Å². The van der Waals surface area contributed by atoms with Crippen LogP contribution in [0.3, 0.4) is 0 Å². The summed E-state index contributed by atoms with van der Waals surface area (Å²) < 4.78 is 2.60. The minimum absolute atomic E-state index is 0.505. The van der Waals surface area contributed by atoms with Crippen molar-refractivity contribution in [3.63, 3.8) is 0 Å². The quantitative estimate of drug-likeness (QED) is 0.147. The Hall–Kier alpha value is -8.82. The van der Waals surface area contributed by atoms with Crippen molar-refractivity contribution in [2.24, 2.45) is 0 Å². The lowest BCUT2D eigenvalue weighted by molar-refractivity contribution is 0.768. The predicted molar refractivity (Wildman–Crippen MR) is 303 cm³/mol. The maximum Gasteiger partial charge on any atom is 0.0714 e. The van der Waals surface area contributed by atoms with E-state index in [0.29, 0.717) is 0 Å². The molecule has 13 aromatic rings. The number of rotatable bonds is 8. The van der Waals surface area contributed by atoms with Crippen molar-refractivity contribution in [1.29, 1.82) is 0 Å². The maximum atomic E-state index is 2.47. The van der Waals surface area contributed by atoms with Crippen LogP contribution in [0.1, 0.15) is 22.3 Å². The van der Waals surface area contributed by atoms with Crippen molar-refractivity contribution < 1.29 is 0 Å². The number of hydrogen-bond donors (Lipinski definition) is 0. The second-order valence-electron chi connectivity index (χ2n) is 18.8. The van der Waals surface area contributed by atoms with Crippen molar-refractivity contribution in [1.82, 2.24) is 0 Å². The molecule has 0 unspecified atom stereocenters. The van der Waals surface area contributed by atoms with Gasteiger partial charge in [-0.15, -0.1) is 11.3 Å². The first-order valence-corrected chi connectivity index (χ1v) is 25.3. The van der Waals surface area contributed by atoms with Crippen LogP contribution in [-0.2, 0) is 5.41 Å². The van der Waals surface area contributed by atoms with Crippen LogP contribution >= 0.6 is 11.3 Å². The molecule has 1 aromatic heterocycles. The number of fused-ring (bicyclic) bond motifs is 8. The monoisotopic (exact) mass is 919 g/mol. The summed E-state index contributed by atoms with van der Waals surface area (Å²) in [5, 5.41) is 7.57. The van der Waals surface area contributed by atoms with Crippen LogP contribution in [0.15, 0.2) is 273 Å². The first kappa shape index (κ1) is 41.2. The molecule has 2 heteroatoms. The van der Waals surface area contributed by atoms with E-state index in [4.69, 9.17) is 0 Å². The van der Waals surface area contributed by atoms with Gasteiger partial charge in [0.05, 0.1) is 5.41 Å². The van der Waals surface area contributed by atoms with Crippen LogP contribution in [-0.4, -0.2) is 0 Å². The number of nitrogens with zero attached hydrogens (tertiary/aromatic N) is 1. The smallest absolute Gasteiger partial charge is 0.0714 e. The van der Waals surface area contributed by atoms with Gasteiger partial charge in [-0.3, -0.25) is 0 Å². The maximum absolute atomic E-state index is 2.47. The van der Waals surface area contributed by atoms with E-state index in [-0.39, 0.29) is 0 Å². The van der Waals surface area contributed by atoms with Crippen LogP contribution in [0.2, 0.25) is 0 Å². The molecule has 14 rings (SSSR count). The van der Waals surface area contributed by atoms with Gasteiger partial charge in [0.1, 0.15) is 0 Å². The van der Waals surface area contributed by atoms with Gasteiger partial charge in [-0.1, -0.05) is 206 Å². The Balaban J connectivity index is 0.839. The van der Waals surface area contributed by atoms with Gasteiger partial charge >= 0.3 is 0 Å². The van der Waals surface area contributed by atoms with E-state index in [2.05, 4.69) is 278 Å². The lowest BCUT2D eigenvalue weighted by Gasteiger charge is -2.35. The first-order valence-electron chi connectivity index (χ1n) is 24.5. The highest BCUT2D eigenvalue weighted by Crippen LogP contribution is 2.57. The zero-order chi connectivity index (χ0) is 46.9. The normalized spacial score (nSPS) is 12.6. The van der Waals surface area contributed by atoms with E-state index < -0.39 is 5.41 Å². The molecule has 1 aliphatic rings. The zero-order valence-electron chi connectivity index (χ0n) is 38.8. The average molecular weight is 920 g/mol. The molecule has 0 fully saturated rings. The summed E-state index contributed by atoms with van der Waals surface area (Å²) in [5.41, 5.74) is 17.7. The molecule has 332 valence electrons. The summed E-state index contributed by atoms with van der Waals surface area (Å²) in [6.07, 6.45) is 0. The third kappa shape index (κ3) is 6.83. The van der Waals surface area contributed by atoms with Crippen LogP contribution in [0.5, 0.6) is 0 Å². The first-order chi connectivity index (χ1) is 35.2. The Morgan fingerprint density at radius 1 is 0.268 bits per heavy atom. The minimum Gasteiger partial charge on any atom is -0.310 e. The fraction of sp³-hybridized carbons (Fsp3) is 0.0145. The van der Waals surface area contributed by atoms with E-state index >= 15 is 0 Å². The van der Waals surface area contributed by atoms with Crippen LogP contribution in [0.4, 0.5) is 17.1 Å². The van der Waals surface area contributed by atoms with Gasteiger partial charge in [-0.25, -0.2) is 0 Å². The average Bonchev–Trinajstić information content (AvgIpc) is 3.97. The molecule has 12 aromatic carbocycles. The Morgan fingerprint density at radius 2 is 0.718 bits per heavy atom. The van der Waals surface area contributed by atoms with Gasteiger partial charge in [0.25, 0.3) is 0 Å². The molecule has 0 N–H and O–H groups in total. The number of anilines is 3. The van der Waals surface area contributed by atoms with Crippen molar-refractivity contribution >= 4 is 70.1 Å². The number of benzene rings is 12. The second-order valence-corrected chi connectivity index (χ2v) is 19.9. The lowest BCUT2D eigenvalue weighted by Crippen LogP contribution is -2.28. The molecular weight excluding hydrogens is 875 g/mol. The number of thiophene rings is 1.